The lowest BCUT2D eigenvalue weighted by atomic mass is 9.91. The first kappa shape index (κ1) is 15.9. The standard InChI is InChI=1S/C18H21N3O/c1-13-6-4-5-7-15(13)16(19)12-18(2,3)21-17(22)14-8-10-20-11-9-14/h4-11,19H,12H2,1-3H3,(H,21,22). The van der Waals surface area contributed by atoms with Gasteiger partial charge in [-0.1, -0.05) is 24.3 Å². The van der Waals surface area contributed by atoms with Gasteiger partial charge in [0.05, 0.1) is 0 Å². The van der Waals surface area contributed by atoms with Gasteiger partial charge in [0.25, 0.3) is 5.91 Å². The molecule has 4 nitrogen and oxygen atoms in total. The van der Waals surface area contributed by atoms with Gasteiger partial charge in [-0.3, -0.25) is 9.78 Å². The van der Waals surface area contributed by atoms with E-state index in [1.165, 1.54) is 0 Å². The monoisotopic (exact) mass is 295 g/mol. The van der Waals surface area contributed by atoms with Gasteiger partial charge in [-0.05, 0) is 44.0 Å². The number of nitrogens with one attached hydrogen (secondary N) is 2. The summed E-state index contributed by atoms with van der Waals surface area (Å²) in [6.45, 7) is 5.85. The Morgan fingerprint density at radius 3 is 2.45 bits per heavy atom. The molecule has 1 aromatic carbocycles. The summed E-state index contributed by atoms with van der Waals surface area (Å²) in [6.07, 6.45) is 3.66. The Balaban J connectivity index is 2.06. The highest BCUT2D eigenvalue weighted by molar-refractivity contribution is 6.01. The first-order valence-electron chi connectivity index (χ1n) is 7.25. The van der Waals surface area contributed by atoms with Crippen molar-refractivity contribution >= 4 is 11.6 Å². The number of carbonyl (C=O) groups excluding carboxylic acids is 1. The molecule has 0 spiro atoms. The summed E-state index contributed by atoms with van der Waals surface area (Å²) < 4.78 is 0. The van der Waals surface area contributed by atoms with E-state index in [1.807, 2.05) is 45.0 Å². The Bertz CT molecular complexity index is 678. The van der Waals surface area contributed by atoms with E-state index in [9.17, 15) is 4.79 Å². The fourth-order valence-electron chi connectivity index (χ4n) is 2.38. The number of rotatable bonds is 5. The molecule has 0 saturated heterocycles. The average Bonchev–Trinajstić information content (AvgIpc) is 2.47. The van der Waals surface area contributed by atoms with Crippen molar-refractivity contribution in [2.45, 2.75) is 32.7 Å². The summed E-state index contributed by atoms with van der Waals surface area (Å²) in [5.74, 6) is -0.148. The smallest absolute Gasteiger partial charge is 0.251 e. The van der Waals surface area contributed by atoms with Gasteiger partial charge >= 0.3 is 0 Å². The Morgan fingerprint density at radius 1 is 1.18 bits per heavy atom. The lowest BCUT2D eigenvalue weighted by molar-refractivity contribution is 0.0915. The summed E-state index contributed by atoms with van der Waals surface area (Å²) in [7, 11) is 0. The fraction of sp³-hybridized carbons (Fsp3) is 0.278. The molecule has 2 aromatic rings. The van der Waals surface area contributed by atoms with Crippen LogP contribution in [0.1, 0.15) is 41.8 Å². The summed E-state index contributed by atoms with van der Waals surface area (Å²) in [5.41, 5.74) is 2.60. The van der Waals surface area contributed by atoms with E-state index in [4.69, 9.17) is 5.41 Å². The largest absolute Gasteiger partial charge is 0.347 e. The minimum absolute atomic E-state index is 0.148. The minimum Gasteiger partial charge on any atom is -0.347 e. The first-order chi connectivity index (χ1) is 10.4. The van der Waals surface area contributed by atoms with Crippen molar-refractivity contribution in [1.29, 1.82) is 5.41 Å². The van der Waals surface area contributed by atoms with Gasteiger partial charge in [0.15, 0.2) is 0 Å². The zero-order valence-corrected chi connectivity index (χ0v) is 13.2. The number of hydrogen-bond acceptors (Lipinski definition) is 3. The van der Waals surface area contributed by atoms with Crippen LogP contribution in [0.3, 0.4) is 0 Å². The van der Waals surface area contributed by atoms with Crippen LogP contribution in [-0.4, -0.2) is 22.1 Å². The van der Waals surface area contributed by atoms with Crippen LogP contribution in [0.5, 0.6) is 0 Å². The maximum atomic E-state index is 12.2. The molecule has 2 rings (SSSR count). The maximum absolute atomic E-state index is 12.2. The second-order valence-corrected chi connectivity index (χ2v) is 6.04. The van der Waals surface area contributed by atoms with Crippen molar-refractivity contribution in [3.63, 3.8) is 0 Å². The van der Waals surface area contributed by atoms with Gasteiger partial charge in [0.2, 0.25) is 0 Å². The van der Waals surface area contributed by atoms with E-state index in [-0.39, 0.29) is 5.91 Å². The normalized spacial score (nSPS) is 11.0. The highest BCUT2D eigenvalue weighted by atomic mass is 16.1. The predicted octanol–water partition coefficient (Wildman–Crippen LogP) is 3.36. The third kappa shape index (κ3) is 4.01. The lowest BCUT2D eigenvalue weighted by Gasteiger charge is -2.27. The number of aromatic nitrogens is 1. The lowest BCUT2D eigenvalue weighted by Crippen LogP contribution is -2.45. The molecule has 0 fully saturated rings. The van der Waals surface area contributed by atoms with E-state index in [0.717, 1.165) is 11.1 Å². The fourth-order valence-corrected chi connectivity index (χ4v) is 2.38. The third-order valence-corrected chi connectivity index (χ3v) is 3.48. The molecule has 0 unspecified atom stereocenters. The highest BCUT2D eigenvalue weighted by Crippen LogP contribution is 2.17. The van der Waals surface area contributed by atoms with E-state index in [1.54, 1.807) is 24.5 Å². The second kappa shape index (κ2) is 6.52. The molecule has 0 aliphatic rings. The van der Waals surface area contributed by atoms with Crippen LogP contribution in [0.2, 0.25) is 0 Å². The third-order valence-electron chi connectivity index (χ3n) is 3.48. The molecule has 0 aliphatic carbocycles. The van der Waals surface area contributed by atoms with Gasteiger partial charge in [-0.15, -0.1) is 0 Å². The summed E-state index contributed by atoms with van der Waals surface area (Å²) >= 11 is 0. The van der Waals surface area contributed by atoms with Crippen LogP contribution >= 0.6 is 0 Å². The van der Waals surface area contributed by atoms with Crippen molar-refractivity contribution in [2.24, 2.45) is 0 Å². The highest BCUT2D eigenvalue weighted by Gasteiger charge is 2.24. The first-order valence-corrected chi connectivity index (χ1v) is 7.25. The van der Waals surface area contributed by atoms with Crippen molar-refractivity contribution in [3.8, 4) is 0 Å². The van der Waals surface area contributed by atoms with Crippen LogP contribution in [0.4, 0.5) is 0 Å². The van der Waals surface area contributed by atoms with Crippen molar-refractivity contribution in [1.82, 2.24) is 10.3 Å². The summed E-state index contributed by atoms with van der Waals surface area (Å²) in [6, 6.07) is 11.2. The molecule has 1 aromatic heterocycles. The zero-order valence-electron chi connectivity index (χ0n) is 13.2. The molecule has 0 aliphatic heterocycles. The van der Waals surface area contributed by atoms with Crippen LogP contribution in [0.25, 0.3) is 0 Å². The molecule has 22 heavy (non-hydrogen) atoms. The van der Waals surface area contributed by atoms with Crippen LogP contribution in [0.15, 0.2) is 48.8 Å². The van der Waals surface area contributed by atoms with Gasteiger partial charge in [-0.2, -0.15) is 0 Å². The second-order valence-electron chi connectivity index (χ2n) is 6.04. The van der Waals surface area contributed by atoms with Crippen molar-refractivity contribution < 1.29 is 4.79 Å². The average molecular weight is 295 g/mol. The van der Waals surface area contributed by atoms with E-state index in [2.05, 4.69) is 10.3 Å². The Morgan fingerprint density at radius 2 is 1.82 bits per heavy atom. The molecule has 0 bridgehead atoms. The Labute approximate surface area is 131 Å². The van der Waals surface area contributed by atoms with Gasteiger partial charge in [-0.25, -0.2) is 0 Å². The predicted molar refractivity (Wildman–Crippen MR) is 88.4 cm³/mol. The topological polar surface area (TPSA) is 65.8 Å². The van der Waals surface area contributed by atoms with Crippen LogP contribution < -0.4 is 5.32 Å². The quantitative estimate of drug-likeness (QED) is 0.831. The molecule has 0 saturated carbocycles. The molecule has 114 valence electrons. The number of hydrogen-bond donors (Lipinski definition) is 2. The molecule has 0 radical (unpaired) electrons. The van der Waals surface area contributed by atoms with Crippen molar-refractivity contribution in [2.75, 3.05) is 0 Å². The molecule has 2 N–H and O–H groups in total. The number of aryl methyl sites for hydroxylation is 1. The van der Waals surface area contributed by atoms with Crippen LogP contribution in [0, 0.1) is 12.3 Å². The molecular formula is C18H21N3O. The molecule has 4 heteroatoms. The molecule has 0 atom stereocenters. The van der Waals surface area contributed by atoms with Gasteiger partial charge in [0, 0.05) is 35.6 Å². The Hall–Kier alpha value is -2.49. The molecule has 1 heterocycles. The van der Waals surface area contributed by atoms with E-state index in [0.29, 0.717) is 17.7 Å². The van der Waals surface area contributed by atoms with Gasteiger partial charge in [0.1, 0.15) is 0 Å². The molecular weight excluding hydrogens is 274 g/mol. The zero-order chi connectivity index (χ0) is 16.2. The van der Waals surface area contributed by atoms with Crippen LogP contribution in [-0.2, 0) is 0 Å². The number of carbonyl (C=O) groups is 1. The van der Waals surface area contributed by atoms with Gasteiger partial charge < -0.3 is 10.7 Å². The van der Waals surface area contributed by atoms with E-state index >= 15 is 0 Å². The van der Waals surface area contributed by atoms with Crippen molar-refractivity contribution in [3.05, 3.63) is 65.5 Å². The van der Waals surface area contributed by atoms with E-state index < -0.39 is 5.54 Å². The minimum atomic E-state index is -0.500. The Kier molecular flexibility index (Phi) is 4.71. The maximum Gasteiger partial charge on any atom is 0.251 e. The SMILES string of the molecule is Cc1ccccc1C(=N)CC(C)(C)NC(=O)c1ccncc1. The number of benzene rings is 1. The number of nitrogens with zero attached hydrogens (tertiary/aromatic N) is 1. The number of pyridine rings is 1. The molecule has 1 amide bonds. The summed E-state index contributed by atoms with van der Waals surface area (Å²) in [5, 5.41) is 11.3. The summed E-state index contributed by atoms with van der Waals surface area (Å²) in [4.78, 5) is 16.1. The number of amides is 1.